The molecule has 3 rings (SSSR count). The topological polar surface area (TPSA) is 109 Å². The fourth-order valence-electron chi connectivity index (χ4n) is 2.62. The summed E-state index contributed by atoms with van der Waals surface area (Å²) in [6.07, 6.45) is 0.0173. The van der Waals surface area contributed by atoms with Crippen LogP contribution in [0.3, 0.4) is 0 Å². The van der Waals surface area contributed by atoms with E-state index in [-0.39, 0.29) is 30.7 Å². The van der Waals surface area contributed by atoms with Crippen molar-refractivity contribution >= 4 is 34.2 Å². The van der Waals surface area contributed by atoms with Gasteiger partial charge in [-0.25, -0.2) is 4.98 Å². The van der Waals surface area contributed by atoms with E-state index in [2.05, 4.69) is 20.9 Å². The Morgan fingerprint density at radius 3 is 2.42 bits per heavy atom. The summed E-state index contributed by atoms with van der Waals surface area (Å²) in [5.41, 5.74) is 1.97. The van der Waals surface area contributed by atoms with Crippen molar-refractivity contribution < 1.29 is 19.1 Å². The van der Waals surface area contributed by atoms with E-state index < -0.39 is 0 Å². The lowest BCUT2D eigenvalue weighted by Crippen LogP contribution is -2.37. The Kier molecular flexibility index (Phi) is 7.72. The number of thiazole rings is 1. The Hall–Kier alpha value is -3.72. The molecule has 3 amide bonds. The van der Waals surface area contributed by atoms with Crippen LogP contribution in [0.4, 0.5) is 5.13 Å². The van der Waals surface area contributed by atoms with Crippen LogP contribution in [0, 0.1) is 0 Å². The van der Waals surface area contributed by atoms with Crippen molar-refractivity contribution in [1.82, 2.24) is 15.6 Å². The van der Waals surface area contributed by atoms with Crippen LogP contribution in [-0.2, 0) is 22.6 Å². The summed E-state index contributed by atoms with van der Waals surface area (Å²) in [6, 6.07) is 16.1. The fraction of sp³-hybridized carbons (Fsp3) is 0.182. The van der Waals surface area contributed by atoms with E-state index in [1.165, 1.54) is 11.3 Å². The number of nitrogens with one attached hydrogen (secondary N) is 3. The van der Waals surface area contributed by atoms with E-state index >= 15 is 0 Å². The number of carbonyl (C=O) groups is 3. The summed E-state index contributed by atoms with van der Waals surface area (Å²) in [5, 5.41) is 10.1. The molecule has 0 fully saturated rings. The van der Waals surface area contributed by atoms with Crippen molar-refractivity contribution in [3.8, 4) is 5.75 Å². The van der Waals surface area contributed by atoms with Crippen molar-refractivity contribution in [2.45, 2.75) is 13.0 Å². The molecule has 31 heavy (non-hydrogen) atoms. The Morgan fingerprint density at radius 2 is 1.71 bits per heavy atom. The number of nitrogens with zero attached hydrogens (tertiary/aromatic N) is 1. The van der Waals surface area contributed by atoms with E-state index in [1.807, 2.05) is 30.3 Å². The lowest BCUT2D eigenvalue weighted by molar-refractivity contribution is -0.125. The molecule has 0 radical (unpaired) electrons. The molecule has 2 aromatic carbocycles. The maximum absolute atomic E-state index is 12.1. The number of amides is 3. The van der Waals surface area contributed by atoms with Crippen LogP contribution in [0.15, 0.2) is 60.0 Å². The van der Waals surface area contributed by atoms with Crippen molar-refractivity contribution in [2.75, 3.05) is 19.0 Å². The first-order valence-corrected chi connectivity index (χ1v) is 10.4. The van der Waals surface area contributed by atoms with Gasteiger partial charge < -0.3 is 15.4 Å². The molecule has 3 N–H and O–H groups in total. The minimum atomic E-state index is -0.328. The minimum Gasteiger partial charge on any atom is -0.497 e. The molecule has 1 aromatic heterocycles. The van der Waals surface area contributed by atoms with Gasteiger partial charge in [-0.05, 0) is 29.8 Å². The highest BCUT2D eigenvalue weighted by Crippen LogP contribution is 2.17. The molecule has 1 heterocycles. The quantitative estimate of drug-likeness (QED) is 0.475. The summed E-state index contributed by atoms with van der Waals surface area (Å²) in [6.45, 7) is 0.228. The average Bonchev–Trinajstić information content (AvgIpc) is 3.23. The lowest BCUT2D eigenvalue weighted by atomic mass is 10.2. The smallest absolute Gasteiger partial charge is 0.257 e. The zero-order chi connectivity index (χ0) is 22.1. The van der Waals surface area contributed by atoms with Gasteiger partial charge in [-0.3, -0.25) is 19.7 Å². The maximum Gasteiger partial charge on any atom is 0.257 e. The van der Waals surface area contributed by atoms with Crippen LogP contribution in [0.2, 0.25) is 0 Å². The molecule has 0 spiro atoms. The molecule has 0 aliphatic carbocycles. The molecule has 3 aromatic rings. The van der Waals surface area contributed by atoms with Gasteiger partial charge in [-0.1, -0.05) is 30.3 Å². The molecule has 8 nitrogen and oxygen atoms in total. The number of hydrogen-bond acceptors (Lipinski definition) is 6. The molecule has 0 aliphatic heterocycles. The number of anilines is 1. The van der Waals surface area contributed by atoms with Gasteiger partial charge in [0.05, 0.1) is 25.8 Å². The largest absolute Gasteiger partial charge is 0.497 e. The third-order valence-electron chi connectivity index (χ3n) is 4.24. The molecular formula is C22H22N4O4S. The van der Waals surface area contributed by atoms with Crippen molar-refractivity contribution in [1.29, 1.82) is 0 Å². The average molecular weight is 439 g/mol. The van der Waals surface area contributed by atoms with Gasteiger partial charge in [0.1, 0.15) is 5.75 Å². The molecular weight excluding hydrogens is 416 g/mol. The van der Waals surface area contributed by atoms with Crippen LogP contribution in [0.1, 0.15) is 21.6 Å². The standard InChI is InChI=1S/C22H22N4O4S/c1-30-18-9-7-15(8-10-18)12-23-20(28)13-24-19(27)11-17-14-31-22(25-17)26-21(29)16-5-3-2-4-6-16/h2-10,14H,11-13H2,1H3,(H,23,28)(H,24,27)(H,25,26,29). The fourth-order valence-corrected chi connectivity index (χ4v) is 3.32. The van der Waals surface area contributed by atoms with Crippen molar-refractivity contribution in [3.05, 3.63) is 76.8 Å². The number of hydrogen-bond donors (Lipinski definition) is 3. The molecule has 0 saturated carbocycles. The number of ether oxygens (including phenoxy) is 1. The maximum atomic E-state index is 12.1. The summed E-state index contributed by atoms with van der Waals surface area (Å²) in [5.74, 6) is -0.143. The van der Waals surface area contributed by atoms with Gasteiger partial charge in [0, 0.05) is 17.5 Å². The van der Waals surface area contributed by atoms with Gasteiger partial charge in [0.25, 0.3) is 5.91 Å². The van der Waals surface area contributed by atoms with E-state index in [0.717, 1.165) is 11.3 Å². The van der Waals surface area contributed by atoms with Crippen molar-refractivity contribution in [2.24, 2.45) is 0 Å². The second-order valence-corrected chi connectivity index (χ2v) is 7.40. The molecule has 0 bridgehead atoms. The molecule has 0 aliphatic rings. The molecule has 0 atom stereocenters. The monoisotopic (exact) mass is 438 g/mol. The summed E-state index contributed by atoms with van der Waals surface area (Å²) >= 11 is 1.24. The predicted octanol–water partition coefficient (Wildman–Crippen LogP) is 2.38. The molecule has 9 heteroatoms. The number of carbonyl (C=O) groups excluding carboxylic acids is 3. The summed E-state index contributed by atoms with van der Waals surface area (Å²) in [7, 11) is 1.59. The van der Waals surface area contributed by atoms with E-state index in [1.54, 1.807) is 36.8 Å². The third-order valence-corrected chi connectivity index (χ3v) is 5.05. The Balaban J connectivity index is 1.39. The van der Waals surface area contributed by atoms with Gasteiger partial charge in [-0.2, -0.15) is 0 Å². The predicted molar refractivity (Wildman–Crippen MR) is 118 cm³/mol. The summed E-state index contributed by atoms with van der Waals surface area (Å²) in [4.78, 5) is 40.4. The second-order valence-electron chi connectivity index (χ2n) is 6.54. The molecule has 160 valence electrons. The number of rotatable bonds is 9. The Labute approximate surface area is 183 Å². The first-order chi connectivity index (χ1) is 15.0. The minimum absolute atomic E-state index is 0.0173. The number of aromatic nitrogens is 1. The third kappa shape index (κ3) is 6.93. The molecule has 0 unspecified atom stereocenters. The van der Waals surface area contributed by atoms with Crippen LogP contribution in [0.5, 0.6) is 5.75 Å². The van der Waals surface area contributed by atoms with Gasteiger partial charge in [-0.15, -0.1) is 11.3 Å². The Bertz CT molecular complexity index is 1040. The number of benzene rings is 2. The van der Waals surface area contributed by atoms with E-state index in [9.17, 15) is 14.4 Å². The lowest BCUT2D eigenvalue weighted by Gasteiger charge is -2.07. The number of methoxy groups -OCH3 is 1. The van der Waals surface area contributed by atoms with Crippen LogP contribution in [-0.4, -0.2) is 36.4 Å². The van der Waals surface area contributed by atoms with E-state index in [4.69, 9.17) is 4.74 Å². The SMILES string of the molecule is COc1ccc(CNC(=O)CNC(=O)Cc2csc(NC(=O)c3ccccc3)n2)cc1. The zero-order valence-electron chi connectivity index (χ0n) is 16.9. The second kappa shape index (κ2) is 10.9. The normalized spacial score (nSPS) is 10.2. The highest BCUT2D eigenvalue weighted by atomic mass is 32.1. The Morgan fingerprint density at radius 1 is 0.968 bits per heavy atom. The van der Waals surface area contributed by atoms with E-state index in [0.29, 0.717) is 22.9 Å². The van der Waals surface area contributed by atoms with Gasteiger partial charge in [0.2, 0.25) is 11.8 Å². The first kappa shape index (κ1) is 22.0. The van der Waals surface area contributed by atoms with Gasteiger partial charge in [0.15, 0.2) is 5.13 Å². The first-order valence-electron chi connectivity index (χ1n) is 9.50. The van der Waals surface area contributed by atoms with Gasteiger partial charge >= 0.3 is 0 Å². The summed E-state index contributed by atoms with van der Waals surface area (Å²) < 4.78 is 5.09. The highest BCUT2D eigenvalue weighted by Gasteiger charge is 2.12. The van der Waals surface area contributed by atoms with Crippen LogP contribution < -0.4 is 20.7 Å². The zero-order valence-corrected chi connectivity index (χ0v) is 17.7. The molecule has 0 saturated heterocycles. The highest BCUT2D eigenvalue weighted by molar-refractivity contribution is 7.14. The van der Waals surface area contributed by atoms with Crippen LogP contribution >= 0.6 is 11.3 Å². The van der Waals surface area contributed by atoms with Crippen LogP contribution in [0.25, 0.3) is 0 Å². The van der Waals surface area contributed by atoms with Crippen molar-refractivity contribution in [3.63, 3.8) is 0 Å².